The Balaban J connectivity index is 0.000000192. The van der Waals surface area contributed by atoms with Gasteiger partial charge in [-0.1, -0.05) is 6.07 Å². The molecule has 0 saturated carbocycles. The van der Waals surface area contributed by atoms with Crippen LogP contribution in [-0.2, 0) is 0 Å². The van der Waals surface area contributed by atoms with Crippen LogP contribution in [0.5, 0.6) is 0 Å². The van der Waals surface area contributed by atoms with E-state index in [0.29, 0.717) is 28.1 Å². The van der Waals surface area contributed by atoms with Crippen LogP contribution in [-0.4, -0.2) is 49.2 Å². The van der Waals surface area contributed by atoms with Crippen molar-refractivity contribution in [2.24, 2.45) is 0 Å². The number of aromatic amines is 3. The molecule has 0 radical (unpaired) electrons. The Kier molecular flexibility index (Phi) is 5.17. The van der Waals surface area contributed by atoms with Crippen molar-refractivity contribution in [3.63, 3.8) is 0 Å². The fraction of sp³-hybridized carbons (Fsp3) is 0.0526. The van der Waals surface area contributed by atoms with Crippen molar-refractivity contribution < 1.29 is 0 Å². The lowest BCUT2D eigenvalue weighted by Crippen LogP contribution is -2.34. The van der Waals surface area contributed by atoms with E-state index >= 15 is 0 Å². The zero-order valence-electron chi connectivity index (χ0n) is 17.9. The summed E-state index contributed by atoms with van der Waals surface area (Å²) in [6.45, 7) is 1.61. The molecule has 0 fully saturated rings. The van der Waals surface area contributed by atoms with Gasteiger partial charge in [-0.3, -0.25) is 19.6 Å². The lowest BCUT2D eigenvalue weighted by molar-refractivity contribution is 0.615. The minimum Gasteiger partial charge on any atom is -0.369 e. The molecular weight excluding hydrogens is 476 g/mol. The van der Waals surface area contributed by atoms with Gasteiger partial charge in [0.15, 0.2) is 16.8 Å². The van der Waals surface area contributed by atoms with Crippen LogP contribution in [0.25, 0.3) is 32.9 Å². The van der Waals surface area contributed by atoms with Crippen molar-refractivity contribution in [3.05, 3.63) is 73.1 Å². The number of hydrogen-bond acceptors (Lipinski definition) is 11. The fourth-order valence-electron chi connectivity index (χ4n) is 3.22. The minimum absolute atomic E-state index is 0.0712. The highest BCUT2D eigenvalue weighted by Crippen LogP contribution is 2.29. The number of aromatic nitrogens is 10. The molecule has 0 aliphatic carbocycles. The van der Waals surface area contributed by atoms with Gasteiger partial charge in [-0.2, -0.15) is 9.97 Å². The highest BCUT2D eigenvalue weighted by atomic mass is 32.1. The van der Waals surface area contributed by atoms with E-state index in [1.165, 1.54) is 39.5 Å². The number of thiophene rings is 1. The Labute approximate surface area is 197 Å². The average Bonchev–Trinajstić information content (AvgIpc) is 3.57. The molecule has 0 atom stereocenters. The van der Waals surface area contributed by atoms with Crippen LogP contribution >= 0.6 is 11.3 Å². The second kappa shape index (κ2) is 8.34. The Morgan fingerprint density at radius 1 is 0.971 bits per heavy atom. The maximum Gasteiger partial charge on any atom is 0.347 e. The SMILES string of the molecule is Cc1cn(-n2cnc3c(-c4cccs4)nc(N)nc32)c(=O)[nH]c1=O.Nc1nc2[nH]cnc2c(=O)[nH]1. The molecule has 176 valence electrons. The number of nitrogen functional groups attached to an aromatic ring is 2. The average molecular weight is 492 g/mol. The number of nitrogens with two attached hydrogens (primary N) is 2. The fourth-order valence-corrected chi connectivity index (χ4v) is 3.94. The summed E-state index contributed by atoms with van der Waals surface area (Å²) < 4.78 is 2.65. The van der Waals surface area contributed by atoms with E-state index in [9.17, 15) is 14.4 Å². The summed E-state index contributed by atoms with van der Waals surface area (Å²) in [6, 6.07) is 3.80. The van der Waals surface area contributed by atoms with Crippen molar-refractivity contribution in [3.8, 4) is 10.6 Å². The van der Waals surface area contributed by atoms with Crippen LogP contribution in [0.2, 0.25) is 0 Å². The van der Waals surface area contributed by atoms with E-state index in [1.54, 1.807) is 6.92 Å². The molecule has 6 rings (SSSR count). The molecule has 0 aliphatic heterocycles. The lowest BCUT2D eigenvalue weighted by atomic mass is 10.3. The van der Waals surface area contributed by atoms with Crippen molar-refractivity contribution in [2.45, 2.75) is 6.92 Å². The summed E-state index contributed by atoms with van der Waals surface area (Å²) in [6.07, 6.45) is 4.26. The third-order valence-corrected chi connectivity index (χ3v) is 5.67. The topological polar surface area (TPSA) is 225 Å². The number of H-pyrrole nitrogens is 3. The molecule has 6 heterocycles. The number of rotatable bonds is 2. The van der Waals surface area contributed by atoms with Crippen LogP contribution in [0.4, 0.5) is 11.9 Å². The molecule has 16 heteroatoms. The number of imidazole rings is 2. The number of fused-ring (bicyclic) bond motifs is 2. The largest absolute Gasteiger partial charge is 0.369 e. The van der Waals surface area contributed by atoms with Crippen LogP contribution in [0.3, 0.4) is 0 Å². The van der Waals surface area contributed by atoms with Crippen molar-refractivity contribution in [2.75, 3.05) is 11.5 Å². The van der Waals surface area contributed by atoms with Crippen LogP contribution in [0.1, 0.15) is 5.56 Å². The monoisotopic (exact) mass is 492 g/mol. The summed E-state index contributed by atoms with van der Waals surface area (Å²) in [7, 11) is 0. The van der Waals surface area contributed by atoms with Crippen LogP contribution < -0.4 is 28.3 Å². The van der Waals surface area contributed by atoms with Gasteiger partial charge in [-0.05, 0) is 18.4 Å². The molecule has 15 nitrogen and oxygen atoms in total. The molecule has 0 unspecified atom stereocenters. The normalized spacial score (nSPS) is 11.0. The van der Waals surface area contributed by atoms with E-state index in [1.807, 2.05) is 17.5 Å². The van der Waals surface area contributed by atoms with Gasteiger partial charge in [0.2, 0.25) is 11.9 Å². The first kappa shape index (κ1) is 21.7. The highest BCUT2D eigenvalue weighted by Gasteiger charge is 2.16. The first-order chi connectivity index (χ1) is 16.8. The predicted molar refractivity (Wildman–Crippen MR) is 129 cm³/mol. The van der Waals surface area contributed by atoms with Gasteiger partial charge in [-0.25, -0.2) is 29.1 Å². The molecule has 0 saturated heterocycles. The Bertz CT molecular complexity index is 1860. The summed E-state index contributed by atoms with van der Waals surface area (Å²) in [5, 5.41) is 1.92. The summed E-state index contributed by atoms with van der Waals surface area (Å²) in [4.78, 5) is 63.1. The van der Waals surface area contributed by atoms with E-state index in [-0.39, 0.29) is 23.0 Å². The van der Waals surface area contributed by atoms with Gasteiger partial charge in [0.25, 0.3) is 11.1 Å². The van der Waals surface area contributed by atoms with E-state index in [4.69, 9.17) is 11.5 Å². The van der Waals surface area contributed by atoms with Gasteiger partial charge in [0, 0.05) is 11.8 Å². The first-order valence-electron chi connectivity index (χ1n) is 9.88. The summed E-state index contributed by atoms with van der Waals surface area (Å²) in [5.74, 6) is 0.161. The number of hydrogen-bond donors (Lipinski definition) is 5. The molecule has 6 aromatic heterocycles. The molecule has 6 aromatic rings. The van der Waals surface area contributed by atoms with E-state index in [2.05, 4.69) is 39.9 Å². The van der Waals surface area contributed by atoms with E-state index < -0.39 is 11.2 Å². The number of aryl methyl sites for hydroxylation is 1. The van der Waals surface area contributed by atoms with Gasteiger partial charge in [-0.15, -0.1) is 11.3 Å². The molecule has 0 spiro atoms. The zero-order valence-corrected chi connectivity index (χ0v) is 18.7. The molecule has 0 amide bonds. The van der Waals surface area contributed by atoms with Crippen LogP contribution in [0, 0.1) is 6.92 Å². The Morgan fingerprint density at radius 3 is 2.57 bits per heavy atom. The van der Waals surface area contributed by atoms with Gasteiger partial charge >= 0.3 is 5.69 Å². The van der Waals surface area contributed by atoms with Gasteiger partial charge < -0.3 is 16.5 Å². The quantitative estimate of drug-likeness (QED) is 0.214. The summed E-state index contributed by atoms with van der Waals surface area (Å²) in [5.41, 5.74) is 12.3. The molecule has 0 bridgehead atoms. The Morgan fingerprint density at radius 2 is 1.80 bits per heavy atom. The number of nitrogens with one attached hydrogen (secondary N) is 3. The van der Waals surface area contributed by atoms with Crippen molar-refractivity contribution in [1.82, 2.24) is 49.2 Å². The zero-order chi connectivity index (χ0) is 24.7. The summed E-state index contributed by atoms with van der Waals surface area (Å²) >= 11 is 1.50. The molecule has 7 N–H and O–H groups in total. The Hall–Kier alpha value is -5.12. The van der Waals surface area contributed by atoms with Crippen molar-refractivity contribution in [1.29, 1.82) is 0 Å². The van der Waals surface area contributed by atoms with Gasteiger partial charge in [0.05, 0.1) is 11.2 Å². The predicted octanol–water partition coefficient (Wildman–Crippen LogP) is -0.165. The third kappa shape index (κ3) is 3.93. The maximum atomic E-state index is 12.1. The first-order valence-corrected chi connectivity index (χ1v) is 10.8. The second-order valence-electron chi connectivity index (χ2n) is 7.14. The van der Waals surface area contributed by atoms with Crippen molar-refractivity contribution >= 4 is 45.6 Å². The minimum atomic E-state index is -0.597. The molecule has 0 aromatic carbocycles. The van der Waals surface area contributed by atoms with Gasteiger partial charge in [0.1, 0.15) is 17.5 Å². The number of anilines is 2. The van der Waals surface area contributed by atoms with Crippen LogP contribution in [0.15, 0.2) is 50.7 Å². The molecular formula is C19H16N12O3S. The smallest absolute Gasteiger partial charge is 0.347 e. The third-order valence-electron chi connectivity index (χ3n) is 4.79. The lowest BCUT2D eigenvalue weighted by Gasteiger charge is -2.08. The number of nitrogens with zero attached hydrogens (tertiary/aromatic N) is 7. The maximum absolute atomic E-state index is 12.1. The molecule has 35 heavy (non-hydrogen) atoms. The molecule has 0 aliphatic rings. The highest BCUT2D eigenvalue weighted by molar-refractivity contribution is 7.13. The second-order valence-corrected chi connectivity index (χ2v) is 8.08. The standard InChI is InChI=1S/C14H11N7O2S.C5H5N5O/c1-7-5-20(14(23)19-12(7)22)21-6-16-10-9(8-3-2-4-24-8)17-13(15)18-11(10)21;6-5-9-3-2(4(11)10-5)7-1-8-3/h2-6H,1H3,(H2,15,17,18)(H,19,22,23);1H,(H4,6,7,8,9,10,11). The van der Waals surface area contributed by atoms with E-state index in [0.717, 1.165) is 4.88 Å².